The normalized spacial score (nSPS) is 13.5. The van der Waals surface area contributed by atoms with Gasteiger partial charge in [0.2, 0.25) is 0 Å². The first-order valence-corrected chi connectivity index (χ1v) is 7.69. The first-order chi connectivity index (χ1) is 11.0. The summed E-state index contributed by atoms with van der Waals surface area (Å²) in [4.78, 5) is 14.9. The fraction of sp³-hybridized carbons (Fsp3) is 0.294. The SMILES string of the molecule is CC(Cc1ccc(C(=O)O)cc1)NCC(O)c1cccc(Cl)n1. The number of carbonyl (C=O) groups is 1. The number of aliphatic hydroxyl groups excluding tert-OH is 1. The third-order valence-corrected chi connectivity index (χ3v) is 3.69. The topological polar surface area (TPSA) is 82.5 Å². The average molecular weight is 335 g/mol. The third kappa shape index (κ3) is 5.32. The van der Waals surface area contributed by atoms with Crippen molar-refractivity contribution in [1.29, 1.82) is 0 Å². The molecule has 2 unspecified atom stereocenters. The molecule has 0 radical (unpaired) electrons. The molecule has 0 fully saturated rings. The first kappa shape index (κ1) is 17.4. The van der Waals surface area contributed by atoms with E-state index in [9.17, 15) is 9.90 Å². The van der Waals surface area contributed by atoms with Gasteiger partial charge in [-0.3, -0.25) is 0 Å². The number of nitrogens with one attached hydrogen (secondary N) is 1. The number of pyridine rings is 1. The number of aliphatic hydroxyl groups is 1. The van der Waals surface area contributed by atoms with Crippen LogP contribution in [0, 0.1) is 0 Å². The molecular weight excluding hydrogens is 316 g/mol. The van der Waals surface area contributed by atoms with Crippen molar-refractivity contribution in [3.05, 3.63) is 64.4 Å². The Morgan fingerprint density at radius 3 is 2.57 bits per heavy atom. The minimum Gasteiger partial charge on any atom is -0.478 e. The molecule has 2 aromatic rings. The molecule has 6 heteroatoms. The Morgan fingerprint density at radius 1 is 1.26 bits per heavy atom. The van der Waals surface area contributed by atoms with E-state index in [2.05, 4.69) is 10.3 Å². The van der Waals surface area contributed by atoms with Gasteiger partial charge in [-0.05, 0) is 43.2 Å². The fourth-order valence-corrected chi connectivity index (χ4v) is 2.41. The van der Waals surface area contributed by atoms with Gasteiger partial charge in [0.05, 0.1) is 11.3 Å². The second-order valence-electron chi connectivity index (χ2n) is 5.42. The van der Waals surface area contributed by atoms with Crippen LogP contribution in [0.2, 0.25) is 5.15 Å². The summed E-state index contributed by atoms with van der Waals surface area (Å²) in [5, 5.41) is 22.6. The molecule has 0 aliphatic heterocycles. The van der Waals surface area contributed by atoms with Crippen LogP contribution < -0.4 is 5.32 Å². The molecule has 0 aliphatic carbocycles. The quantitative estimate of drug-likeness (QED) is 0.678. The minimum absolute atomic E-state index is 0.125. The summed E-state index contributed by atoms with van der Waals surface area (Å²) in [6, 6.07) is 12.1. The van der Waals surface area contributed by atoms with Gasteiger partial charge in [-0.1, -0.05) is 29.8 Å². The first-order valence-electron chi connectivity index (χ1n) is 7.32. The van der Waals surface area contributed by atoms with Gasteiger partial charge in [0.25, 0.3) is 0 Å². The Balaban J connectivity index is 1.84. The van der Waals surface area contributed by atoms with Crippen molar-refractivity contribution in [1.82, 2.24) is 10.3 Å². The van der Waals surface area contributed by atoms with Gasteiger partial charge in [-0.2, -0.15) is 0 Å². The maximum atomic E-state index is 10.8. The van der Waals surface area contributed by atoms with Gasteiger partial charge < -0.3 is 15.5 Å². The van der Waals surface area contributed by atoms with Crippen molar-refractivity contribution in [3.8, 4) is 0 Å². The van der Waals surface area contributed by atoms with Crippen molar-refractivity contribution in [2.24, 2.45) is 0 Å². The zero-order chi connectivity index (χ0) is 16.8. The van der Waals surface area contributed by atoms with E-state index in [0.717, 1.165) is 12.0 Å². The molecule has 5 nitrogen and oxygen atoms in total. The predicted molar refractivity (Wildman–Crippen MR) is 88.8 cm³/mol. The number of nitrogens with zero attached hydrogens (tertiary/aromatic N) is 1. The van der Waals surface area contributed by atoms with Crippen LogP contribution in [0.4, 0.5) is 0 Å². The number of rotatable bonds is 7. The summed E-state index contributed by atoms with van der Waals surface area (Å²) < 4.78 is 0. The van der Waals surface area contributed by atoms with Gasteiger partial charge in [-0.25, -0.2) is 9.78 Å². The summed E-state index contributed by atoms with van der Waals surface area (Å²) in [5.41, 5.74) is 1.84. The van der Waals surface area contributed by atoms with E-state index in [4.69, 9.17) is 16.7 Å². The molecule has 0 amide bonds. The number of carboxylic acid groups (broad SMARTS) is 1. The van der Waals surface area contributed by atoms with E-state index in [0.29, 0.717) is 17.4 Å². The summed E-state index contributed by atoms with van der Waals surface area (Å²) in [6.07, 6.45) is 0.000755. The standard InChI is InChI=1S/C17H19ClN2O3/c1-11(9-12-5-7-13(8-6-12)17(22)23)19-10-15(21)14-3-2-4-16(18)20-14/h2-8,11,15,19,21H,9-10H2,1H3,(H,22,23). The van der Waals surface area contributed by atoms with Crippen LogP contribution in [0.15, 0.2) is 42.5 Å². The van der Waals surface area contributed by atoms with E-state index < -0.39 is 12.1 Å². The lowest BCUT2D eigenvalue weighted by atomic mass is 10.0. The highest BCUT2D eigenvalue weighted by molar-refractivity contribution is 6.29. The Hall–Kier alpha value is -1.95. The molecule has 0 saturated heterocycles. The monoisotopic (exact) mass is 334 g/mol. The van der Waals surface area contributed by atoms with Crippen molar-refractivity contribution in [3.63, 3.8) is 0 Å². The maximum absolute atomic E-state index is 10.8. The van der Waals surface area contributed by atoms with E-state index in [1.807, 2.05) is 6.92 Å². The number of aromatic carboxylic acids is 1. The van der Waals surface area contributed by atoms with Crippen molar-refractivity contribution in [2.75, 3.05) is 6.54 Å². The largest absolute Gasteiger partial charge is 0.478 e. The van der Waals surface area contributed by atoms with Crippen molar-refractivity contribution < 1.29 is 15.0 Å². The van der Waals surface area contributed by atoms with E-state index in [1.165, 1.54) is 0 Å². The second kappa shape index (κ2) is 8.06. The van der Waals surface area contributed by atoms with Gasteiger partial charge in [0, 0.05) is 12.6 Å². The zero-order valence-corrected chi connectivity index (χ0v) is 13.5. The summed E-state index contributed by atoms with van der Waals surface area (Å²) >= 11 is 5.81. The maximum Gasteiger partial charge on any atom is 0.335 e. The molecule has 1 heterocycles. The van der Waals surface area contributed by atoms with Crippen LogP contribution in [-0.4, -0.2) is 33.8 Å². The van der Waals surface area contributed by atoms with Crippen LogP contribution >= 0.6 is 11.6 Å². The Labute approximate surface area is 140 Å². The van der Waals surface area contributed by atoms with Crippen molar-refractivity contribution in [2.45, 2.75) is 25.5 Å². The number of hydrogen-bond acceptors (Lipinski definition) is 4. The molecule has 0 bridgehead atoms. The molecular formula is C17H19ClN2O3. The van der Waals surface area contributed by atoms with E-state index in [-0.39, 0.29) is 11.6 Å². The van der Waals surface area contributed by atoms with E-state index in [1.54, 1.807) is 42.5 Å². The summed E-state index contributed by atoms with van der Waals surface area (Å²) in [7, 11) is 0. The predicted octanol–water partition coefficient (Wildman–Crippen LogP) is 2.69. The zero-order valence-electron chi connectivity index (χ0n) is 12.7. The van der Waals surface area contributed by atoms with E-state index >= 15 is 0 Å². The van der Waals surface area contributed by atoms with Gasteiger partial charge in [0.1, 0.15) is 11.3 Å². The molecule has 1 aromatic carbocycles. The Kier molecular flexibility index (Phi) is 6.10. The number of halogens is 1. The van der Waals surface area contributed by atoms with Crippen LogP contribution in [0.3, 0.4) is 0 Å². The van der Waals surface area contributed by atoms with Crippen LogP contribution in [0.1, 0.15) is 34.6 Å². The van der Waals surface area contributed by atoms with Crippen molar-refractivity contribution >= 4 is 17.6 Å². The molecule has 0 spiro atoms. The highest BCUT2D eigenvalue weighted by Gasteiger charge is 2.12. The smallest absolute Gasteiger partial charge is 0.335 e. The molecule has 122 valence electrons. The van der Waals surface area contributed by atoms with Crippen LogP contribution in [-0.2, 0) is 6.42 Å². The molecule has 0 aliphatic rings. The van der Waals surface area contributed by atoms with Gasteiger partial charge in [0.15, 0.2) is 0 Å². The lowest BCUT2D eigenvalue weighted by Gasteiger charge is -2.17. The molecule has 2 rings (SSSR count). The molecule has 1 aromatic heterocycles. The lowest BCUT2D eigenvalue weighted by Crippen LogP contribution is -2.32. The van der Waals surface area contributed by atoms with Gasteiger partial charge >= 0.3 is 5.97 Å². The molecule has 0 saturated carbocycles. The highest BCUT2D eigenvalue weighted by atomic mass is 35.5. The lowest BCUT2D eigenvalue weighted by molar-refractivity contribution is 0.0697. The Morgan fingerprint density at radius 2 is 1.96 bits per heavy atom. The van der Waals surface area contributed by atoms with Crippen LogP contribution in [0.5, 0.6) is 0 Å². The third-order valence-electron chi connectivity index (χ3n) is 3.48. The molecule has 23 heavy (non-hydrogen) atoms. The number of aromatic nitrogens is 1. The summed E-state index contributed by atoms with van der Waals surface area (Å²) in [5.74, 6) is -0.931. The summed E-state index contributed by atoms with van der Waals surface area (Å²) in [6.45, 7) is 2.37. The van der Waals surface area contributed by atoms with Crippen LogP contribution in [0.25, 0.3) is 0 Å². The Bertz CT molecular complexity index is 661. The fourth-order valence-electron chi connectivity index (χ4n) is 2.24. The van der Waals surface area contributed by atoms with Gasteiger partial charge in [-0.15, -0.1) is 0 Å². The molecule has 3 N–H and O–H groups in total. The number of benzene rings is 1. The minimum atomic E-state index is -0.931. The average Bonchev–Trinajstić information content (AvgIpc) is 2.53. The molecule has 2 atom stereocenters. The second-order valence-corrected chi connectivity index (χ2v) is 5.80. The number of hydrogen-bond donors (Lipinski definition) is 3. The number of carboxylic acids is 1. The highest BCUT2D eigenvalue weighted by Crippen LogP contribution is 2.13.